The van der Waals surface area contributed by atoms with E-state index in [-0.39, 0.29) is 5.41 Å². The molecule has 0 fully saturated rings. The normalized spacial score (nSPS) is 23.3. The van der Waals surface area contributed by atoms with Gasteiger partial charge in [-0.15, -0.1) is 46.6 Å². The van der Waals surface area contributed by atoms with Crippen molar-refractivity contribution in [1.82, 2.24) is 0 Å². The highest BCUT2D eigenvalue weighted by atomic mass is 79.9. The lowest BCUT2D eigenvalue weighted by Crippen LogP contribution is -2.35. The number of halogens is 2. The molecular weight excluding hydrogens is 865 g/mol. The van der Waals surface area contributed by atoms with E-state index in [2.05, 4.69) is 163 Å². The van der Waals surface area contributed by atoms with Gasteiger partial charge >= 0.3 is 0 Å². The van der Waals surface area contributed by atoms with Crippen LogP contribution in [-0.4, -0.2) is 0 Å². The summed E-state index contributed by atoms with van der Waals surface area (Å²) < 4.78 is 3.90. The molecule has 6 aromatic rings. The van der Waals surface area contributed by atoms with Gasteiger partial charge in [0, 0.05) is 19.2 Å². The van der Waals surface area contributed by atoms with Crippen molar-refractivity contribution in [3.8, 4) is 9.75 Å². The molecule has 10 rings (SSSR count). The molecule has 0 radical (unpaired) electrons. The number of fused-ring (bicyclic) bond motifs is 8. The second-order valence-corrected chi connectivity index (χ2v) is 21.0. The Kier molecular flexibility index (Phi) is 8.56. The smallest absolute Gasteiger partial charge is 0.0708 e. The molecule has 3 heterocycles. The van der Waals surface area contributed by atoms with Gasteiger partial charge in [0.05, 0.1) is 24.4 Å². The molecule has 268 valence electrons. The summed E-state index contributed by atoms with van der Waals surface area (Å²) in [6, 6.07) is 26.3. The third-order valence-electron chi connectivity index (χ3n) is 12.4. The highest BCUT2D eigenvalue weighted by Gasteiger charge is 2.53. The Morgan fingerprint density at radius 3 is 2.06 bits per heavy atom. The third-order valence-corrected chi connectivity index (χ3v) is 17.4. The number of thiophene rings is 3. The Balaban J connectivity index is 1.30. The fraction of sp³-hybridized carbons (Fsp3) is 0.208. The molecule has 4 aliphatic rings. The van der Waals surface area contributed by atoms with Crippen molar-refractivity contribution in [2.24, 2.45) is 5.92 Å². The minimum absolute atomic E-state index is 0.293. The van der Waals surface area contributed by atoms with Crippen LogP contribution in [0.1, 0.15) is 76.9 Å². The molecule has 0 spiro atoms. The van der Waals surface area contributed by atoms with Crippen molar-refractivity contribution in [3.63, 3.8) is 0 Å². The predicted molar refractivity (Wildman–Crippen MR) is 247 cm³/mol. The van der Waals surface area contributed by atoms with Crippen molar-refractivity contribution < 1.29 is 0 Å². The summed E-state index contributed by atoms with van der Waals surface area (Å²) >= 11 is 18.9. The Labute approximate surface area is 352 Å². The van der Waals surface area contributed by atoms with Crippen molar-refractivity contribution in [3.05, 3.63) is 178 Å². The lowest BCUT2D eigenvalue weighted by Gasteiger charge is -2.39. The third kappa shape index (κ3) is 4.89. The van der Waals surface area contributed by atoms with E-state index in [1.54, 1.807) is 0 Å². The van der Waals surface area contributed by atoms with Crippen LogP contribution in [0.2, 0.25) is 0 Å². The van der Waals surface area contributed by atoms with Gasteiger partial charge in [0.2, 0.25) is 0 Å². The first-order valence-corrected chi connectivity index (χ1v) is 23.2. The quantitative estimate of drug-likeness (QED) is 0.164. The lowest BCUT2D eigenvalue weighted by molar-refractivity contribution is 0.460. The van der Waals surface area contributed by atoms with Gasteiger partial charge in [0.25, 0.3) is 0 Å². The minimum atomic E-state index is -0.442. The molecular formula is C48H38Br2S4. The van der Waals surface area contributed by atoms with E-state index in [0.29, 0.717) is 5.92 Å². The molecule has 0 saturated carbocycles. The van der Waals surface area contributed by atoms with Gasteiger partial charge in [-0.1, -0.05) is 123 Å². The number of hydrogen-bond acceptors (Lipinski definition) is 4. The minimum Gasteiger partial charge on any atom is -0.142 e. The molecule has 54 heavy (non-hydrogen) atoms. The van der Waals surface area contributed by atoms with Gasteiger partial charge < -0.3 is 0 Å². The Morgan fingerprint density at radius 2 is 1.43 bits per heavy atom. The summed E-state index contributed by atoms with van der Waals surface area (Å²) in [5.74, 6) is 0.293. The van der Waals surface area contributed by atoms with E-state index in [0.717, 1.165) is 24.2 Å². The molecule has 6 heteroatoms. The van der Waals surface area contributed by atoms with Crippen molar-refractivity contribution >= 4 is 104 Å². The SMILES string of the molecule is CC1=CCC(C2(c3ccc(C)cc3)c3cc(Br)sc3-c3sc4cc5c6c(sc5cc4c32)C(S)=C(/C=C/Br)C6(C2=CC=C(C)CC2)c2ccc(C)cc2)C=C1. The van der Waals surface area contributed by atoms with Crippen molar-refractivity contribution in [1.29, 1.82) is 0 Å². The Morgan fingerprint density at radius 1 is 0.759 bits per heavy atom. The average Bonchev–Trinajstić information content (AvgIpc) is 3.94. The molecule has 0 saturated heterocycles. The summed E-state index contributed by atoms with van der Waals surface area (Å²) in [6.07, 6.45) is 17.4. The fourth-order valence-electron chi connectivity index (χ4n) is 9.88. The second kappa shape index (κ2) is 13.0. The van der Waals surface area contributed by atoms with Crippen molar-refractivity contribution in [2.75, 3.05) is 0 Å². The van der Waals surface area contributed by atoms with E-state index < -0.39 is 5.41 Å². The first kappa shape index (κ1) is 35.4. The van der Waals surface area contributed by atoms with Crippen LogP contribution >= 0.6 is 78.5 Å². The molecule has 0 bridgehead atoms. The first-order valence-electron chi connectivity index (χ1n) is 18.6. The van der Waals surface area contributed by atoms with Crippen molar-refractivity contribution in [2.45, 2.75) is 57.8 Å². The van der Waals surface area contributed by atoms with E-state index in [9.17, 15) is 0 Å². The van der Waals surface area contributed by atoms with E-state index in [4.69, 9.17) is 12.6 Å². The number of thiol groups is 1. The lowest BCUT2D eigenvalue weighted by atomic mass is 9.62. The predicted octanol–water partition coefficient (Wildman–Crippen LogP) is 15.9. The standard InChI is InChI=1S/C48H38Br2S4/c1-26-5-13-30(14-6-26)47(31-15-7-27(2)8-16-31)36(21-22-49)43(51)45-41(47)34-23-39-35(24-38(34)52-45)42-46(53-39)44-37(25-40(50)54-44)48(42,32-17-9-28(3)10-18-32)33-19-11-29(4)12-20-33/h5-7,9-15,17-19,21-25,33,51H,8,16,20H2,1-4H3/b22-21+. The molecule has 3 aromatic carbocycles. The van der Waals surface area contributed by atoms with Crippen LogP contribution in [0.15, 0.2) is 134 Å². The molecule has 0 nitrogen and oxygen atoms in total. The first-order chi connectivity index (χ1) is 26.2. The van der Waals surface area contributed by atoms with Crippen LogP contribution in [-0.2, 0) is 10.8 Å². The molecule has 3 unspecified atom stereocenters. The number of benzene rings is 3. The molecule has 0 amide bonds. The summed E-state index contributed by atoms with van der Waals surface area (Å²) in [5, 5.41) is 2.74. The molecule has 4 aliphatic carbocycles. The average molecular weight is 903 g/mol. The van der Waals surface area contributed by atoms with Crippen LogP contribution in [0.25, 0.3) is 34.8 Å². The Hall–Kier alpha value is -2.97. The van der Waals surface area contributed by atoms with Gasteiger partial charge in [-0.3, -0.25) is 0 Å². The zero-order valence-corrected chi connectivity index (χ0v) is 37.0. The van der Waals surface area contributed by atoms with Gasteiger partial charge in [0.15, 0.2) is 0 Å². The topological polar surface area (TPSA) is 0 Å². The second-order valence-electron chi connectivity index (χ2n) is 15.4. The summed E-state index contributed by atoms with van der Waals surface area (Å²) in [5.41, 5.74) is 14.3. The molecule has 0 aliphatic heterocycles. The number of hydrogen-bond donors (Lipinski definition) is 1. The molecule has 3 atom stereocenters. The maximum atomic E-state index is 5.42. The molecule has 0 N–H and O–H groups in total. The maximum Gasteiger partial charge on any atom is 0.0708 e. The maximum absolute atomic E-state index is 5.42. The summed E-state index contributed by atoms with van der Waals surface area (Å²) in [6.45, 7) is 8.87. The summed E-state index contributed by atoms with van der Waals surface area (Å²) in [7, 11) is 0. The highest BCUT2D eigenvalue weighted by Crippen LogP contribution is 2.67. The van der Waals surface area contributed by atoms with Crippen LogP contribution in [0, 0.1) is 19.8 Å². The van der Waals surface area contributed by atoms with E-state index in [1.165, 1.54) is 99.8 Å². The number of aryl methyl sites for hydroxylation is 2. The van der Waals surface area contributed by atoms with Crippen LogP contribution in [0.5, 0.6) is 0 Å². The van der Waals surface area contributed by atoms with Crippen LogP contribution < -0.4 is 0 Å². The summed E-state index contributed by atoms with van der Waals surface area (Å²) in [4.78, 5) is 7.24. The van der Waals surface area contributed by atoms with E-state index >= 15 is 0 Å². The zero-order valence-electron chi connectivity index (χ0n) is 30.5. The Bertz CT molecular complexity index is 2760. The van der Waals surface area contributed by atoms with Gasteiger partial charge in [0.1, 0.15) is 0 Å². The van der Waals surface area contributed by atoms with Gasteiger partial charge in [-0.05, 0) is 142 Å². The van der Waals surface area contributed by atoms with Gasteiger partial charge in [-0.25, -0.2) is 0 Å². The van der Waals surface area contributed by atoms with Gasteiger partial charge in [-0.2, -0.15) is 0 Å². The zero-order chi connectivity index (χ0) is 37.1. The number of rotatable bonds is 5. The molecule has 3 aromatic heterocycles. The number of allylic oxidation sites excluding steroid dienone is 10. The fourth-order valence-corrected chi connectivity index (χ4v) is 15.0. The van der Waals surface area contributed by atoms with Crippen LogP contribution in [0.3, 0.4) is 0 Å². The highest BCUT2D eigenvalue weighted by molar-refractivity contribution is 9.11. The largest absolute Gasteiger partial charge is 0.142 e. The van der Waals surface area contributed by atoms with E-state index in [1.807, 2.05) is 39.0 Å². The monoisotopic (exact) mass is 900 g/mol. The van der Waals surface area contributed by atoms with Crippen LogP contribution in [0.4, 0.5) is 0 Å².